The summed E-state index contributed by atoms with van der Waals surface area (Å²) in [7, 11) is -3.53. The van der Waals surface area contributed by atoms with Crippen LogP contribution < -0.4 is 14.4 Å². The zero-order valence-corrected chi connectivity index (χ0v) is 19.2. The predicted octanol–water partition coefficient (Wildman–Crippen LogP) is 6.05. The first kappa shape index (κ1) is 26.3. The number of hydrogen-bond acceptors (Lipinski definition) is 6. The minimum atomic E-state index is -3.53. The fraction of sp³-hybridized carbons (Fsp3) is 0.381. The summed E-state index contributed by atoms with van der Waals surface area (Å²) in [6, 6.07) is 17.9. The minimum absolute atomic E-state index is 0. The molecule has 0 radical (unpaired) electrons. The van der Waals surface area contributed by atoms with Gasteiger partial charge >= 0.3 is 7.60 Å². The molecule has 166 valence electrons. The van der Waals surface area contributed by atoms with Crippen LogP contribution in [-0.2, 0) is 9.30 Å². The van der Waals surface area contributed by atoms with Gasteiger partial charge in [-0.3, -0.25) is 10.7 Å². The van der Waals surface area contributed by atoms with E-state index < -0.39 is 7.60 Å². The van der Waals surface area contributed by atoms with E-state index in [9.17, 15) is 4.57 Å². The van der Waals surface area contributed by atoms with Crippen molar-refractivity contribution in [3.63, 3.8) is 0 Å². The molecule has 9 heteroatoms. The molecule has 0 heterocycles. The zero-order valence-electron chi connectivity index (χ0n) is 16.7. The molecule has 2 aromatic rings. The van der Waals surface area contributed by atoms with Gasteiger partial charge in [0.1, 0.15) is 23.9 Å². The highest BCUT2D eigenvalue weighted by Gasteiger charge is 2.28. The molecule has 0 aromatic heterocycles. The Labute approximate surface area is 190 Å². The lowest BCUT2D eigenvalue weighted by Crippen LogP contribution is -2.30. The molecule has 1 aliphatic rings. The van der Waals surface area contributed by atoms with Crippen LogP contribution in [0.25, 0.3) is 0 Å². The lowest BCUT2D eigenvalue weighted by molar-refractivity contribution is 0.138. The summed E-state index contributed by atoms with van der Waals surface area (Å²) in [6.07, 6.45) is 5.61. The molecule has 0 unspecified atom stereocenters. The molecule has 0 amide bonds. The van der Waals surface area contributed by atoms with Crippen molar-refractivity contribution in [2.24, 2.45) is 0 Å². The highest BCUT2D eigenvalue weighted by molar-refractivity contribution is 7.54. The first-order chi connectivity index (χ1) is 13.6. The summed E-state index contributed by atoms with van der Waals surface area (Å²) in [4.78, 5) is 0. The van der Waals surface area contributed by atoms with Gasteiger partial charge in [0.2, 0.25) is 0 Å². The van der Waals surface area contributed by atoms with Crippen molar-refractivity contribution in [1.82, 2.24) is 5.32 Å². The van der Waals surface area contributed by atoms with E-state index in [1.807, 2.05) is 36.4 Å². The van der Waals surface area contributed by atoms with Gasteiger partial charge in [-0.1, -0.05) is 42.8 Å². The lowest BCUT2D eigenvalue weighted by atomic mass is 9.98. The maximum absolute atomic E-state index is 13.3. The predicted molar refractivity (Wildman–Crippen MR) is 125 cm³/mol. The molecule has 1 aliphatic carbocycles. The third-order valence-corrected chi connectivity index (χ3v) is 6.02. The highest BCUT2D eigenvalue weighted by Crippen LogP contribution is 2.47. The van der Waals surface area contributed by atoms with Crippen molar-refractivity contribution in [2.75, 3.05) is 12.8 Å². The first-order valence-electron chi connectivity index (χ1n) is 9.66. The molecular weight excluding hydrogens is 446 g/mol. The van der Waals surface area contributed by atoms with Crippen LogP contribution in [0.5, 0.6) is 11.5 Å². The third-order valence-electron chi connectivity index (χ3n) is 4.43. The number of benzene rings is 2. The Bertz CT molecular complexity index is 745. The molecule has 0 bridgehead atoms. The minimum Gasteiger partial charge on any atom is -0.477 e. The number of halogens is 2. The number of rotatable bonds is 9. The molecular formula is C21H29Cl2N2O4P. The first-order valence-corrected chi connectivity index (χ1v) is 11.4. The normalized spacial score (nSPS) is 14.0. The summed E-state index contributed by atoms with van der Waals surface area (Å²) >= 11 is 0. The summed E-state index contributed by atoms with van der Waals surface area (Å²) in [5, 5.41) is 11.0. The molecule has 3 rings (SSSR count). The van der Waals surface area contributed by atoms with Crippen LogP contribution in [0, 0.1) is 5.41 Å². The number of hydrogen-bond donors (Lipinski definition) is 2. The second-order valence-electron chi connectivity index (χ2n) is 6.81. The summed E-state index contributed by atoms with van der Waals surface area (Å²) < 4.78 is 30.4. The van der Waals surface area contributed by atoms with E-state index in [1.165, 1.54) is 6.42 Å². The van der Waals surface area contributed by atoms with Gasteiger partial charge in [-0.2, -0.15) is 0 Å². The Morgan fingerprint density at radius 2 is 1.40 bits per heavy atom. The van der Waals surface area contributed by atoms with Crippen molar-refractivity contribution >= 4 is 38.3 Å². The lowest BCUT2D eigenvalue weighted by Gasteiger charge is -2.24. The standard InChI is InChI=1S/C21H27N2O4P.2ClH/c22-21(25-18-10-4-1-5-11-18)16-23-17-28(24,26-19-12-6-2-7-13-19)27-20-14-8-3-9-15-20;;/h2-3,6-9,12-15,18,22-23H,1,4-5,10-11,16-17H2;2*1H. The van der Waals surface area contributed by atoms with E-state index in [0.717, 1.165) is 25.7 Å². The Balaban J connectivity index is 0.00000225. The van der Waals surface area contributed by atoms with Crippen LogP contribution in [-0.4, -0.2) is 24.8 Å². The SMILES string of the molecule is Cl.Cl.N=C(CNCP(=O)(Oc1ccccc1)Oc1ccccc1)OC1CCCCC1. The van der Waals surface area contributed by atoms with Crippen molar-refractivity contribution < 1.29 is 18.3 Å². The Morgan fingerprint density at radius 3 is 1.90 bits per heavy atom. The van der Waals surface area contributed by atoms with E-state index in [4.69, 9.17) is 19.2 Å². The monoisotopic (exact) mass is 474 g/mol. The summed E-state index contributed by atoms with van der Waals surface area (Å²) in [6.45, 7) is 0.177. The molecule has 6 nitrogen and oxygen atoms in total. The number of ether oxygens (including phenoxy) is 1. The fourth-order valence-corrected chi connectivity index (χ4v) is 4.54. The summed E-state index contributed by atoms with van der Waals surface area (Å²) in [5.41, 5.74) is 0. The average molecular weight is 475 g/mol. The van der Waals surface area contributed by atoms with E-state index in [0.29, 0.717) is 11.5 Å². The molecule has 30 heavy (non-hydrogen) atoms. The van der Waals surface area contributed by atoms with Gasteiger partial charge in [-0.15, -0.1) is 24.8 Å². The maximum atomic E-state index is 13.3. The van der Waals surface area contributed by atoms with E-state index in [1.54, 1.807) is 24.3 Å². The maximum Gasteiger partial charge on any atom is 0.444 e. The molecule has 0 aliphatic heterocycles. The van der Waals surface area contributed by atoms with Gasteiger partial charge < -0.3 is 13.8 Å². The molecule has 0 atom stereocenters. The number of nitrogens with one attached hydrogen (secondary N) is 2. The Hall–Kier alpha value is -1.72. The van der Waals surface area contributed by atoms with E-state index in [2.05, 4.69) is 5.32 Å². The van der Waals surface area contributed by atoms with Crippen LogP contribution in [0.4, 0.5) is 0 Å². The van der Waals surface area contributed by atoms with Gasteiger partial charge in [0.05, 0.1) is 6.54 Å². The smallest absolute Gasteiger partial charge is 0.444 e. The molecule has 2 aromatic carbocycles. The molecule has 1 saturated carbocycles. The second kappa shape index (κ2) is 13.6. The second-order valence-corrected chi connectivity index (χ2v) is 8.71. The Kier molecular flexibility index (Phi) is 11.9. The van der Waals surface area contributed by atoms with E-state index in [-0.39, 0.29) is 49.6 Å². The van der Waals surface area contributed by atoms with Gasteiger partial charge in [-0.05, 0) is 49.9 Å². The summed E-state index contributed by atoms with van der Waals surface area (Å²) in [5.74, 6) is 1.09. The van der Waals surface area contributed by atoms with Gasteiger partial charge in [0.15, 0.2) is 5.90 Å². The molecule has 1 fully saturated rings. The number of para-hydroxylation sites is 2. The van der Waals surface area contributed by atoms with Gasteiger partial charge in [-0.25, -0.2) is 4.57 Å². The molecule has 0 saturated heterocycles. The van der Waals surface area contributed by atoms with Crippen LogP contribution in [0.15, 0.2) is 60.7 Å². The van der Waals surface area contributed by atoms with Crippen LogP contribution in [0.3, 0.4) is 0 Å². The van der Waals surface area contributed by atoms with Crippen LogP contribution >= 0.6 is 32.4 Å². The van der Waals surface area contributed by atoms with Crippen molar-refractivity contribution in [2.45, 2.75) is 38.2 Å². The quantitative estimate of drug-likeness (QED) is 0.262. The Morgan fingerprint density at radius 1 is 0.900 bits per heavy atom. The highest BCUT2D eigenvalue weighted by atomic mass is 35.5. The van der Waals surface area contributed by atoms with Crippen molar-refractivity contribution in [3.05, 3.63) is 60.7 Å². The third kappa shape index (κ3) is 8.97. The fourth-order valence-electron chi connectivity index (χ4n) is 3.10. The van der Waals surface area contributed by atoms with Crippen molar-refractivity contribution in [1.29, 1.82) is 5.41 Å². The molecule has 0 spiro atoms. The largest absolute Gasteiger partial charge is 0.477 e. The van der Waals surface area contributed by atoms with Gasteiger partial charge in [0, 0.05) is 0 Å². The van der Waals surface area contributed by atoms with Gasteiger partial charge in [0.25, 0.3) is 0 Å². The average Bonchev–Trinajstić information content (AvgIpc) is 2.70. The zero-order chi connectivity index (χ0) is 19.7. The van der Waals surface area contributed by atoms with Crippen LogP contribution in [0.2, 0.25) is 0 Å². The van der Waals surface area contributed by atoms with Crippen molar-refractivity contribution in [3.8, 4) is 11.5 Å². The van der Waals surface area contributed by atoms with E-state index >= 15 is 0 Å². The molecule has 2 N–H and O–H groups in total. The topological polar surface area (TPSA) is 80.6 Å². The van der Waals surface area contributed by atoms with Crippen LogP contribution in [0.1, 0.15) is 32.1 Å².